The van der Waals surface area contributed by atoms with Crippen LogP contribution in [-0.2, 0) is 0 Å². The molecule has 0 saturated carbocycles. The topological polar surface area (TPSA) is 90.2 Å². The Morgan fingerprint density at radius 2 is 1.71 bits per heavy atom. The van der Waals surface area contributed by atoms with Crippen LogP contribution in [0.2, 0.25) is 10.0 Å². The van der Waals surface area contributed by atoms with E-state index in [2.05, 4.69) is 9.97 Å². The van der Waals surface area contributed by atoms with E-state index in [-0.39, 0.29) is 21.4 Å². The van der Waals surface area contributed by atoms with Gasteiger partial charge < -0.3 is 20.2 Å². The highest BCUT2D eigenvalue weighted by molar-refractivity contribution is 6.41. The summed E-state index contributed by atoms with van der Waals surface area (Å²) >= 11 is 12.8. The van der Waals surface area contributed by atoms with Gasteiger partial charge in [-0.1, -0.05) is 23.2 Å². The zero-order valence-corrected chi connectivity index (χ0v) is 14.3. The zero-order valence-electron chi connectivity index (χ0n) is 12.8. The molecule has 3 aromatic rings. The van der Waals surface area contributed by atoms with Gasteiger partial charge in [-0.25, -0.2) is 4.98 Å². The maximum atomic E-state index is 12.4. The number of nitrogens with two attached hydrogens (primary N) is 1. The van der Waals surface area contributed by atoms with Crippen LogP contribution in [0.4, 0.5) is 5.82 Å². The number of H-pyrrole nitrogens is 1. The smallest absolute Gasteiger partial charge is 0.256 e. The number of aromatic amines is 1. The van der Waals surface area contributed by atoms with Crippen LogP contribution in [0.3, 0.4) is 0 Å². The van der Waals surface area contributed by atoms with E-state index in [1.54, 1.807) is 12.1 Å². The van der Waals surface area contributed by atoms with Crippen molar-refractivity contribution in [2.24, 2.45) is 0 Å². The average molecular weight is 366 g/mol. The van der Waals surface area contributed by atoms with Crippen LogP contribution < -0.4 is 20.8 Å². The lowest BCUT2D eigenvalue weighted by Gasteiger charge is -2.15. The minimum atomic E-state index is -0.328. The largest absolute Gasteiger partial charge is 0.495 e. The molecule has 8 heteroatoms. The Kier molecular flexibility index (Phi) is 4.26. The van der Waals surface area contributed by atoms with Gasteiger partial charge in [0.15, 0.2) is 0 Å². The second-order valence-corrected chi connectivity index (χ2v) is 5.75. The molecule has 0 atom stereocenters. The molecular weight excluding hydrogens is 353 g/mol. The summed E-state index contributed by atoms with van der Waals surface area (Å²) in [5.74, 6) is 1.02. The Morgan fingerprint density at radius 3 is 2.29 bits per heavy atom. The van der Waals surface area contributed by atoms with Gasteiger partial charge in [0.05, 0.1) is 35.3 Å². The number of rotatable bonds is 3. The van der Waals surface area contributed by atoms with Gasteiger partial charge in [-0.15, -0.1) is 0 Å². The van der Waals surface area contributed by atoms with Crippen molar-refractivity contribution in [3.05, 3.63) is 44.8 Å². The van der Waals surface area contributed by atoms with Crippen molar-refractivity contribution in [2.75, 3.05) is 20.0 Å². The molecule has 124 valence electrons. The Balaban J connectivity index is 2.35. The molecule has 24 heavy (non-hydrogen) atoms. The number of nitrogens with zero attached hydrogens (tertiary/aromatic N) is 1. The molecule has 0 radical (unpaired) electrons. The molecular formula is C16H13Cl2N3O3. The fraction of sp³-hybridized carbons (Fsp3) is 0.125. The Hall–Kier alpha value is -2.44. The molecule has 3 rings (SSSR count). The first-order chi connectivity index (χ1) is 11.5. The lowest BCUT2D eigenvalue weighted by Crippen LogP contribution is -2.09. The lowest BCUT2D eigenvalue weighted by molar-refractivity contribution is 0.395. The first kappa shape index (κ1) is 16.4. The van der Waals surface area contributed by atoms with Gasteiger partial charge in [-0.2, -0.15) is 0 Å². The van der Waals surface area contributed by atoms with Crippen LogP contribution in [0.1, 0.15) is 0 Å². The predicted molar refractivity (Wildman–Crippen MR) is 95.3 cm³/mol. The quantitative estimate of drug-likeness (QED) is 0.741. The number of nitrogen functional groups attached to an aromatic ring is 1. The number of hydrogen-bond acceptors (Lipinski definition) is 5. The van der Waals surface area contributed by atoms with Gasteiger partial charge in [0.1, 0.15) is 17.3 Å². The average Bonchev–Trinajstić information content (AvgIpc) is 2.56. The maximum absolute atomic E-state index is 12.4. The van der Waals surface area contributed by atoms with Crippen molar-refractivity contribution in [3.8, 4) is 22.8 Å². The number of hydrogen-bond donors (Lipinski definition) is 2. The molecule has 0 saturated heterocycles. The minimum absolute atomic E-state index is 0.264. The van der Waals surface area contributed by atoms with Crippen LogP contribution in [0.25, 0.3) is 22.0 Å². The van der Waals surface area contributed by atoms with Crippen LogP contribution in [-0.4, -0.2) is 24.2 Å². The maximum Gasteiger partial charge on any atom is 0.256 e. The molecule has 0 aliphatic heterocycles. The molecule has 0 fully saturated rings. The number of anilines is 1. The first-order valence-corrected chi connectivity index (χ1v) is 7.60. The summed E-state index contributed by atoms with van der Waals surface area (Å²) in [4.78, 5) is 19.1. The van der Waals surface area contributed by atoms with Crippen LogP contribution >= 0.6 is 23.2 Å². The molecule has 2 aromatic heterocycles. The second-order valence-electron chi connectivity index (χ2n) is 4.99. The van der Waals surface area contributed by atoms with E-state index in [9.17, 15) is 4.79 Å². The molecule has 0 spiro atoms. The van der Waals surface area contributed by atoms with E-state index in [0.717, 1.165) is 0 Å². The minimum Gasteiger partial charge on any atom is -0.495 e. The second kappa shape index (κ2) is 6.22. The Morgan fingerprint density at radius 1 is 1.08 bits per heavy atom. The summed E-state index contributed by atoms with van der Waals surface area (Å²) in [5, 5.41) is 1.56. The fourth-order valence-electron chi connectivity index (χ4n) is 2.43. The number of nitrogens with one attached hydrogen (secondary N) is 1. The molecule has 6 nitrogen and oxygen atoms in total. The highest BCUT2D eigenvalue weighted by Crippen LogP contribution is 2.45. The van der Waals surface area contributed by atoms with Gasteiger partial charge in [0.2, 0.25) is 0 Å². The molecule has 0 amide bonds. The number of pyridine rings is 2. The third-order valence-electron chi connectivity index (χ3n) is 3.59. The molecule has 0 unspecified atom stereocenters. The van der Waals surface area contributed by atoms with E-state index in [0.29, 0.717) is 33.5 Å². The molecule has 3 N–H and O–H groups in total. The number of ether oxygens (including phenoxy) is 2. The number of fused-ring (bicyclic) bond motifs is 1. The van der Waals surface area contributed by atoms with E-state index >= 15 is 0 Å². The van der Waals surface area contributed by atoms with Crippen LogP contribution in [0, 0.1) is 0 Å². The summed E-state index contributed by atoms with van der Waals surface area (Å²) in [6.07, 6.45) is 1.52. The zero-order chi connectivity index (χ0) is 17.4. The lowest BCUT2D eigenvalue weighted by atomic mass is 10.1. The fourth-order valence-corrected chi connectivity index (χ4v) is 3.14. The summed E-state index contributed by atoms with van der Waals surface area (Å²) in [6.45, 7) is 0. The molecule has 0 aliphatic rings. The SMILES string of the molecule is COc1cc(OC)c(Cl)c(-c2cc3cnc(N)cc3c(=O)[nH]2)c1Cl. The monoisotopic (exact) mass is 365 g/mol. The normalized spacial score (nSPS) is 10.8. The van der Waals surface area contributed by atoms with Gasteiger partial charge in [-0.3, -0.25) is 4.79 Å². The summed E-state index contributed by atoms with van der Waals surface area (Å²) in [5.41, 5.74) is 6.13. The van der Waals surface area contributed by atoms with Gasteiger partial charge in [0, 0.05) is 23.2 Å². The van der Waals surface area contributed by atoms with Crippen molar-refractivity contribution >= 4 is 39.8 Å². The van der Waals surface area contributed by atoms with Gasteiger partial charge in [-0.05, 0) is 12.1 Å². The van der Waals surface area contributed by atoms with E-state index in [1.165, 1.54) is 26.5 Å². The van der Waals surface area contributed by atoms with Crippen molar-refractivity contribution < 1.29 is 9.47 Å². The van der Waals surface area contributed by atoms with Crippen molar-refractivity contribution in [3.63, 3.8) is 0 Å². The predicted octanol–water partition coefficient (Wildman–Crippen LogP) is 3.50. The van der Waals surface area contributed by atoms with E-state index in [4.69, 9.17) is 38.4 Å². The summed E-state index contributed by atoms with van der Waals surface area (Å²) in [7, 11) is 2.96. The Labute approximate surface area is 147 Å². The van der Waals surface area contributed by atoms with E-state index in [1.807, 2.05) is 0 Å². The van der Waals surface area contributed by atoms with Crippen LogP contribution in [0.5, 0.6) is 11.5 Å². The summed E-state index contributed by atoms with van der Waals surface area (Å²) < 4.78 is 10.5. The highest BCUT2D eigenvalue weighted by Gasteiger charge is 2.20. The molecule has 1 aromatic carbocycles. The van der Waals surface area contributed by atoms with Crippen LogP contribution in [0.15, 0.2) is 29.2 Å². The third kappa shape index (κ3) is 2.64. The summed E-state index contributed by atoms with van der Waals surface area (Å²) in [6, 6.07) is 4.80. The van der Waals surface area contributed by atoms with Crippen molar-refractivity contribution in [2.45, 2.75) is 0 Å². The third-order valence-corrected chi connectivity index (χ3v) is 4.34. The Bertz CT molecular complexity index is 974. The standard InChI is InChI=1S/C16H13Cl2N3O3/c1-23-10-5-11(24-2)15(18)13(14(10)17)9-3-7-6-20-12(19)4-8(7)16(22)21-9/h3-6H,1-2H3,(H2,19,20)(H,21,22). The molecule has 0 bridgehead atoms. The van der Waals surface area contributed by atoms with Gasteiger partial charge >= 0.3 is 0 Å². The van der Waals surface area contributed by atoms with Crippen molar-refractivity contribution in [1.29, 1.82) is 0 Å². The number of methoxy groups -OCH3 is 2. The molecule has 2 heterocycles. The van der Waals surface area contributed by atoms with Crippen molar-refractivity contribution in [1.82, 2.24) is 9.97 Å². The highest BCUT2D eigenvalue weighted by atomic mass is 35.5. The van der Waals surface area contributed by atoms with E-state index < -0.39 is 0 Å². The molecule has 0 aliphatic carbocycles. The first-order valence-electron chi connectivity index (χ1n) is 6.85. The number of halogens is 2. The number of benzene rings is 1. The number of aromatic nitrogens is 2. The van der Waals surface area contributed by atoms with Gasteiger partial charge in [0.25, 0.3) is 5.56 Å².